The van der Waals surface area contributed by atoms with Gasteiger partial charge in [-0.2, -0.15) is 9.49 Å². The molecule has 2 aromatic heterocycles. The van der Waals surface area contributed by atoms with Crippen LogP contribution in [0.5, 0.6) is 5.75 Å². The molecule has 1 saturated heterocycles. The maximum atomic E-state index is 14.8. The van der Waals surface area contributed by atoms with E-state index < -0.39 is 11.9 Å². The highest BCUT2D eigenvalue weighted by Crippen LogP contribution is 2.27. The van der Waals surface area contributed by atoms with Crippen LogP contribution in [0.3, 0.4) is 0 Å². The smallest absolute Gasteiger partial charge is 0.407 e. The third-order valence-electron chi connectivity index (χ3n) is 4.84. The molecule has 1 aliphatic rings. The standard InChI is InChI=1S/C19H20FN5O4/c1-28-12-29-16-4-5-21-18(17(16)20)25-15-3-2-14(10-13(15)11-22-25)23-6-8-24(9-7-23)19(26)27/h2-5,10-11H,6-9,12H2,1H3,(H,26,27). The molecule has 0 atom stereocenters. The van der Waals surface area contributed by atoms with Crippen molar-refractivity contribution < 1.29 is 23.8 Å². The molecule has 0 radical (unpaired) electrons. The van der Waals surface area contributed by atoms with Crippen LogP contribution in [-0.2, 0) is 4.74 Å². The van der Waals surface area contributed by atoms with Crippen molar-refractivity contribution >= 4 is 22.7 Å². The summed E-state index contributed by atoms with van der Waals surface area (Å²) in [4.78, 5) is 18.7. The average Bonchev–Trinajstić information content (AvgIpc) is 3.16. The second kappa shape index (κ2) is 7.92. The average molecular weight is 401 g/mol. The molecule has 4 rings (SSSR count). The lowest BCUT2D eigenvalue weighted by Gasteiger charge is -2.34. The van der Waals surface area contributed by atoms with Gasteiger partial charge in [0.15, 0.2) is 18.4 Å². The Morgan fingerprint density at radius 1 is 1.24 bits per heavy atom. The van der Waals surface area contributed by atoms with Gasteiger partial charge in [0.05, 0.1) is 11.7 Å². The molecule has 0 unspecified atom stereocenters. The summed E-state index contributed by atoms with van der Waals surface area (Å²) in [6, 6.07) is 7.15. The lowest BCUT2D eigenvalue weighted by atomic mass is 10.2. The normalized spacial score (nSPS) is 14.4. The van der Waals surface area contributed by atoms with E-state index in [-0.39, 0.29) is 18.4 Å². The van der Waals surface area contributed by atoms with E-state index in [1.807, 2.05) is 18.2 Å². The van der Waals surface area contributed by atoms with Crippen molar-refractivity contribution in [2.45, 2.75) is 0 Å². The third-order valence-corrected chi connectivity index (χ3v) is 4.84. The molecule has 29 heavy (non-hydrogen) atoms. The number of rotatable bonds is 5. The highest BCUT2D eigenvalue weighted by atomic mass is 19.1. The van der Waals surface area contributed by atoms with Crippen molar-refractivity contribution in [3.05, 3.63) is 42.5 Å². The van der Waals surface area contributed by atoms with E-state index in [4.69, 9.17) is 14.6 Å². The molecule has 1 fully saturated rings. The summed E-state index contributed by atoms with van der Waals surface area (Å²) in [5, 5.41) is 14.2. The number of piperazine rings is 1. The number of hydrogen-bond donors (Lipinski definition) is 1. The van der Waals surface area contributed by atoms with Crippen molar-refractivity contribution in [2.24, 2.45) is 0 Å². The van der Waals surface area contributed by atoms with Crippen LogP contribution in [0, 0.1) is 5.82 Å². The molecular weight excluding hydrogens is 381 g/mol. The first kappa shape index (κ1) is 18.9. The Labute approximate surface area is 165 Å². The van der Waals surface area contributed by atoms with Gasteiger partial charge in [-0.05, 0) is 18.2 Å². The maximum Gasteiger partial charge on any atom is 0.407 e. The van der Waals surface area contributed by atoms with Crippen LogP contribution in [0.15, 0.2) is 36.7 Å². The van der Waals surface area contributed by atoms with Gasteiger partial charge in [0.25, 0.3) is 0 Å². The van der Waals surface area contributed by atoms with Crippen molar-refractivity contribution in [1.29, 1.82) is 0 Å². The Hall–Kier alpha value is -3.40. The number of ether oxygens (including phenoxy) is 2. The van der Waals surface area contributed by atoms with E-state index >= 15 is 0 Å². The van der Waals surface area contributed by atoms with Gasteiger partial charge in [-0.1, -0.05) is 0 Å². The number of carboxylic acid groups (broad SMARTS) is 1. The molecule has 0 saturated carbocycles. The number of carbonyl (C=O) groups is 1. The Morgan fingerprint density at radius 2 is 2.03 bits per heavy atom. The van der Waals surface area contributed by atoms with Crippen LogP contribution in [0.25, 0.3) is 16.7 Å². The fourth-order valence-electron chi connectivity index (χ4n) is 3.34. The zero-order valence-electron chi connectivity index (χ0n) is 15.8. The predicted octanol–water partition coefficient (Wildman–Crippen LogP) is 2.34. The molecule has 0 spiro atoms. The number of methoxy groups -OCH3 is 1. The number of benzene rings is 1. The van der Waals surface area contributed by atoms with Gasteiger partial charge >= 0.3 is 6.09 Å². The molecule has 3 aromatic rings. The SMILES string of the molecule is COCOc1ccnc(-n2ncc3cc(N4CCN(C(=O)O)CC4)ccc32)c1F. The number of nitrogens with zero attached hydrogens (tertiary/aromatic N) is 5. The van der Waals surface area contributed by atoms with Gasteiger partial charge in [-0.3, -0.25) is 0 Å². The summed E-state index contributed by atoms with van der Waals surface area (Å²) in [6.45, 7) is 2.06. The Kier molecular flexibility index (Phi) is 5.17. The molecule has 0 aliphatic carbocycles. The zero-order valence-corrected chi connectivity index (χ0v) is 15.8. The summed E-state index contributed by atoms with van der Waals surface area (Å²) >= 11 is 0. The lowest BCUT2D eigenvalue weighted by molar-refractivity contribution is 0.0482. The lowest BCUT2D eigenvalue weighted by Crippen LogP contribution is -2.48. The minimum absolute atomic E-state index is 0.0356. The molecule has 3 heterocycles. The fraction of sp³-hybridized carbons (Fsp3) is 0.316. The van der Waals surface area contributed by atoms with E-state index in [1.165, 1.54) is 29.0 Å². The Bertz CT molecular complexity index is 1030. The minimum Gasteiger partial charge on any atom is -0.465 e. The largest absolute Gasteiger partial charge is 0.465 e. The summed E-state index contributed by atoms with van der Waals surface area (Å²) in [5.41, 5.74) is 1.67. The van der Waals surface area contributed by atoms with Crippen LogP contribution in [0.2, 0.25) is 0 Å². The number of fused-ring (bicyclic) bond motifs is 1. The number of pyridine rings is 1. The molecule has 10 heteroatoms. The van der Waals surface area contributed by atoms with Crippen LogP contribution in [-0.4, -0.2) is 70.9 Å². The molecule has 1 N–H and O–H groups in total. The van der Waals surface area contributed by atoms with Gasteiger partial charge in [-0.15, -0.1) is 0 Å². The first-order chi connectivity index (χ1) is 14.1. The van der Waals surface area contributed by atoms with Gasteiger partial charge in [0, 0.05) is 56.6 Å². The summed E-state index contributed by atoms with van der Waals surface area (Å²) in [6.07, 6.45) is 2.20. The first-order valence-corrected chi connectivity index (χ1v) is 9.05. The van der Waals surface area contributed by atoms with E-state index in [1.54, 1.807) is 6.20 Å². The van der Waals surface area contributed by atoms with Crippen LogP contribution in [0.4, 0.5) is 14.9 Å². The molecule has 9 nitrogen and oxygen atoms in total. The Morgan fingerprint density at radius 3 is 2.76 bits per heavy atom. The fourth-order valence-corrected chi connectivity index (χ4v) is 3.34. The number of halogens is 1. The van der Waals surface area contributed by atoms with Crippen molar-refractivity contribution in [3.8, 4) is 11.6 Å². The van der Waals surface area contributed by atoms with Gasteiger partial charge in [0.2, 0.25) is 5.82 Å². The molecule has 152 valence electrons. The van der Waals surface area contributed by atoms with Gasteiger partial charge in [0.1, 0.15) is 0 Å². The highest BCUT2D eigenvalue weighted by Gasteiger charge is 2.21. The van der Waals surface area contributed by atoms with Crippen LogP contribution >= 0.6 is 0 Å². The topological polar surface area (TPSA) is 93.0 Å². The van der Waals surface area contributed by atoms with Crippen molar-refractivity contribution in [1.82, 2.24) is 19.7 Å². The minimum atomic E-state index is -0.896. The maximum absolute atomic E-state index is 14.8. The molecule has 1 amide bonds. The highest BCUT2D eigenvalue weighted by molar-refractivity contribution is 5.84. The second-order valence-electron chi connectivity index (χ2n) is 6.55. The molecule has 1 aliphatic heterocycles. The quantitative estimate of drug-likeness (QED) is 0.656. The van der Waals surface area contributed by atoms with Crippen molar-refractivity contribution in [2.75, 3.05) is 45.0 Å². The van der Waals surface area contributed by atoms with E-state index in [2.05, 4.69) is 15.0 Å². The van der Waals surface area contributed by atoms with E-state index in [0.717, 1.165) is 11.1 Å². The second-order valence-corrected chi connectivity index (χ2v) is 6.55. The number of aromatic nitrogens is 3. The van der Waals surface area contributed by atoms with Crippen molar-refractivity contribution in [3.63, 3.8) is 0 Å². The third kappa shape index (κ3) is 3.66. The monoisotopic (exact) mass is 401 g/mol. The van der Waals surface area contributed by atoms with Crippen LogP contribution < -0.4 is 9.64 Å². The summed E-state index contributed by atoms with van der Waals surface area (Å²) < 4.78 is 26.3. The molecule has 1 aromatic carbocycles. The zero-order chi connectivity index (χ0) is 20.4. The molecule has 0 bridgehead atoms. The summed E-state index contributed by atoms with van der Waals surface area (Å²) in [5.74, 6) is -0.548. The predicted molar refractivity (Wildman–Crippen MR) is 103 cm³/mol. The van der Waals surface area contributed by atoms with Crippen LogP contribution in [0.1, 0.15) is 0 Å². The van der Waals surface area contributed by atoms with Gasteiger partial charge in [-0.25, -0.2) is 14.5 Å². The molecular formula is C19H20FN5O4. The first-order valence-electron chi connectivity index (χ1n) is 9.05. The Balaban J connectivity index is 1.61. The summed E-state index contributed by atoms with van der Waals surface area (Å²) in [7, 11) is 1.46. The number of amides is 1. The number of hydrogen-bond acceptors (Lipinski definition) is 6. The number of anilines is 1. The van der Waals surface area contributed by atoms with E-state index in [9.17, 15) is 9.18 Å². The van der Waals surface area contributed by atoms with E-state index in [0.29, 0.717) is 31.7 Å². The van der Waals surface area contributed by atoms with Gasteiger partial charge < -0.3 is 24.4 Å².